The molecule has 0 aromatic carbocycles. The Morgan fingerprint density at radius 1 is 0.812 bits per heavy atom. The van der Waals surface area contributed by atoms with Crippen molar-refractivity contribution in [3.63, 3.8) is 0 Å². The Bertz CT molecular complexity index is 192. The molecule has 0 aliphatic rings. The molecule has 0 saturated heterocycles. The van der Waals surface area contributed by atoms with Crippen LogP contribution >= 0.6 is 0 Å². The Kier molecular flexibility index (Phi) is 6.03. The molecule has 0 aliphatic heterocycles. The summed E-state index contributed by atoms with van der Waals surface area (Å²) in [7, 11) is 0. The van der Waals surface area contributed by atoms with E-state index in [0.717, 1.165) is 18.4 Å². The molecular weight excluding hydrogens is 194 g/mol. The standard InChI is InChI=1S/C15H33N/c1-12(2)8-14(4,5)9-13(3)10-15(6,7)11-16/h12-13H,8-11,16H2,1-7H3. The van der Waals surface area contributed by atoms with Gasteiger partial charge in [0.05, 0.1) is 0 Å². The van der Waals surface area contributed by atoms with E-state index < -0.39 is 0 Å². The van der Waals surface area contributed by atoms with Gasteiger partial charge in [0.25, 0.3) is 0 Å². The molecule has 2 N–H and O–H groups in total. The van der Waals surface area contributed by atoms with Crippen LogP contribution in [0.3, 0.4) is 0 Å². The molecule has 16 heavy (non-hydrogen) atoms. The normalized spacial score (nSPS) is 15.6. The van der Waals surface area contributed by atoms with Crippen molar-refractivity contribution in [2.45, 2.75) is 67.7 Å². The Hall–Kier alpha value is -0.0400. The van der Waals surface area contributed by atoms with E-state index in [2.05, 4.69) is 48.5 Å². The van der Waals surface area contributed by atoms with Gasteiger partial charge in [-0.3, -0.25) is 0 Å². The lowest BCUT2D eigenvalue weighted by Gasteiger charge is -2.33. The summed E-state index contributed by atoms with van der Waals surface area (Å²) < 4.78 is 0. The first-order chi connectivity index (χ1) is 7.08. The van der Waals surface area contributed by atoms with E-state index >= 15 is 0 Å². The molecule has 0 aliphatic carbocycles. The predicted octanol–water partition coefficient (Wildman–Crippen LogP) is 4.46. The fraction of sp³-hybridized carbons (Fsp3) is 1.00. The van der Waals surface area contributed by atoms with Crippen LogP contribution in [0.1, 0.15) is 67.7 Å². The number of nitrogens with two attached hydrogens (primary N) is 1. The molecule has 1 atom stereocenters. The van der Waals surface area contributed by atoms with Gasteiger partial charge in [-0.2, -0.15) is 0 Å². The smallest absolute Gasteiger partial charge is 0.00257 e. The summed E-state index contributed by atoms with van der Waals surface area (Å²) in [5.74, 6) is 1.57. The van der Waals surface area contributed by atoms with E-state index in [-0.39, 0.29) is 0 Å². The van der Waals surface area contributed by atoms with E-state index in [1.807, 2.05) is 0 Å². The summed E-state index contributed by atoms with van der Waals surface area (Å²) in [4.78, 5) is 0. The average Bonchev–Trinajstić information content (AvgIpc) is 1.98. The number of rotatable bonds is 7. The lowest BCUT2D eigenvalue weighted by molar-refractivity contribution is 0.186. The van der Waals surface area contributed by atoms with Crippen LogP contribution in [-0.2, 0) is 0 Å². The van der Waals surface area contributed by atoms with Crippen molar-refractivity contribution < 1.29 is 0 Å². The van der Waals surface area contributed by atoms with Crippen molar-refractivity contribution in [1.82, 2.24) is 0 Å². The summed E-state index contributed by atoms with van der Waals surface area (Å²) in [6.07, 6.45) is 3.88. The summed E-state index contributed by atoms with van der Waals surface area (Å²) in [5.41, 5.74) is 6.57. The maximum Gasteiger partial charge on any atom is -0.00257 e. The van der Waals surface area contributed by atoms with Crippen LogP contribution in [-0.4, -0.2) is 6.54 Å². The second-order valence-electron chi connectivity index (χ2n) is 7.64. The minimum Gasteiger partial charge on any atom is -0.330 e. The Balaban J connectivity index is 4.18. The lowest BCUT2D eigenvalue weighted by atomic mass is 9.73. The van der Waals surface area contributed by atoms with Gasteiger partial charge in [-0.05, 0) is 48.5 Å². The highest BCUT2D eigenvalue weighted by Gasteiger charge is 2.26. The molecule has 1 nitrogen and oxygen atoms in total. The zero-order valence-corrected chi connectivity index (χ0v) is 12.6. The van der Waals surface area contributed by atoms with Gasteiger partial charge in [-0.1, -0.05) is 48.5 Å². The van der Waals surface area contributed by atoms with E-state index in [9.17, 15) is 0 Å². The van der Waals surface area contributed by atoms with Crippen molar-refractivity contribution >= 4 is 0 Å². The maximum absolute atomic E-state index is 5.80. The highest BCUT2D eigenvalue weighted by molar-refractivity contribution is 4.78. The summed E-state index contributed by atoms with van der Waals surface area (Å²) >= 11 is 0. The van der Waals surface area contributed by atoms with Crippen molar-refractivity contribution in [3.05, 3.63) is 0 Å². The fourth-order valence-electron chi connectivity index (χ4n) is 3.23. The third-order valence-electron chi connectivity index (χ3n) is 3.32. The molecule has 0 amide bonds. The SMILES string of the molecule is CC(C)CC(C)(C)CC(C)CC(C)(C)CN. The summed E-state index contributed by atoms with van der Waals surface area (Å²) in [6.45, 7) is 17.2. The minimum atomic E-state index is 0.299. The molecule has 0 fully saturated rings. The molecule has 98 valence electrons. The van der Waals surface area contributed by atoms with Gasteiger partial charge in [0.15, 0.2) is 0 Å². The second kappa shape index (κ2) is 6.05. The van der Waals surface area contributed by atoms with Crippen LogP contribution in [0.5, 0.6) is 0 Å². The first kappa shape index (κ1) is 16.0. The van der Waals surface area contributed by atoms with Crippen LogP contribution in [0.15, 0.2) is 0 Å². The molecule has 0 rings (SSSR count). The van der Waals surface area contributed by atoms with E-state index in [0.29, 0.717) is 10.8 Å². The van der Waals surface area contributed by atoms with Gasteiger partial charge >= 0.3 is 0 Å². The van der Waals surface area contributed by atoms with Crippen LogP contribution in [0.4, 0.5) is 0 Å². The van der Waals surface area contributed by atoms with E-state index in [1.54, 1.807) is 0 Å². The molecule has 0 bridgehead atoms. The number of hydrogen-bond donors (Lipinski definition) is 1. The van der Waals surface area contributed by atoms with Gasteiger partial charge in [0.2, 0.25) is 0 Å². The maximum atomic E-state index is 5.80. The fourth-order valence-corrected chi connectivity index (χ4v) is 3.23. The van der Waals surface area contributed by atoms with Crippen LogP contribution in [0.2, 0.25) is 0 Å². The van der Waals surface area contributed by atoms with E-state index in [4.69, 9.17) is 5.73 Å². The molecule has 0 spiro atoms. The molecule has 0 saturated carbocycles. The first-order valence-corrected chi connectivity index (χ1v) is 6.78. The Morgan fingerprint density at radius 2 is 1.25 bits per heavy atom. The van der Waals surface area contributed by atoms with Crippen LogP contribution in [0, 0.1) is 22.7 Å². The highest BCUT2D eigenvalue weighted by Crippen LogP contribution is 2.36. The zero-order valence-electron chi connectivity index (χ0n) is 12.6. The number of hydrogen-bond acceptors (Lipinski definition) is 1. The summed E-state index contributed by atoms with van der Waals surface area (Å²) in [6, 6.07) is 0. The Morgan fingerprint density at radius 3 is 1.62 bits per heavy atom. The van der Waals surface area contributed by atoms with Gasteiger partial charge in [0.1, 0.15) is 0 Å². The van der Waals surface area contributed by atoms with Crippen molar-refractivity contribution in [2.24, 2.45) is 28.4 Å². The molecular formula is C15H33N. The topological polar surface area (TPSA) is 26.0 Å². The van der Waals surface area contributed by atoms with E-state index in [1.165, 1.54) is 19.3 Å². The van der Waals surface area contributed by atoms with Crippen LogP contribution in [0.25, 0.3) is 0 Å². The summed E-state index contributed by atoms with van der Waals surface area (Å²) in [5, 5.41) is 0. The molecule has 1 heteroatoms. The monoisotopic (exact) mass is 227 g/mol. The largest absolute Gasteiger partial charge is 0.330 e. The highest BCUT2D eigenvalue weighted by atomic mass is 14.6. The third-order valence-corrected chi connectivity index (χ3v) is 3.32. The minimum absolute atomic E-state index is 0.299. The molecule has 0 radical (unpaired) electrons. The molecule has 1 unspecified atom stereocenters. The quantitative estimate of drug-likeness (QED) is 0.683. The predicted molar refractivity (Wildman–Crippen MR) is 74.5 cm³/mol. The molecule has 0 aromatic rings. The zero-order chi connectivity index (χ0) is 13.0. The van der Waals surface area contributed by atoms with Gasteiger partial charge in [-0.15, -0.1) is 0 Å². The Labute approximate surface area is 103 Å². The van der Waals surface area contributed by atoms with Crippen molar-refractivity contribution in [3.8, 4) is 0 Å². The van der Waals surface area contributed by atoms with Gasteiger partial charge < -0.3 is 5.73 Å². The lowest BCUT2D eigenvalue weighted by Crippen LogP contribution is -2.28. The molecule has 0 heterocycles. The average molecular weight is 227 g/mol. The first-order valence-electron chi connectivity index (χ1n) is 6.78. The van der Waals surface area contributed by atoms with Crippen LogP contribution < -0.4 is 5.73 Å². The molecule has 0 aromatic heterocycles. The van der Waals surface area contributed by atoms with Crippen molar-refractivity contribution in [2.75, 3.05) is 6.54 Å². The van der Waals surface area contributed by atoms with Gasteiger partial charge in [0, 0.05) is 0 Å². The second-order valence-corrected chi connectivity index (χ2v) is 7.64. The van der Waals surface area contributed by atoms with Gasteiger partial charge in [-0.25, -0.2) is 0 Å². The third kappa shape index (κ3) is 7.27. The van der Waals surface area contributed by atoms with Crippen molar-refractivity contribution in [1.29, 1.82) is 0 Å².